The molecule has 3 heterocycles. The molecule has 0 spiro atoms. The van der Waals surface area contributed by atoms with E-state index in [9.17, 15) is 9.90 Å². The summed E-state index contributed by atoms with van der Waals surface area (Å²) in [6, 6.07) is 7.31. The number of carboxylic acid groups (broad SMARTS) is 1. The van der Waals surface area contributed by atoms with Crippen LogP contribution in [-0.2, 0) is 13.0 Å². The highest BCUT2D eigenvalue weighted by Crippen LogP contribution is 2.28. The van der Waals surface area contributed by atoms with Crippen LogP contribution in [0.3, 0.4) is 0 Å². The van der Waals surface area contributed by atoms with E-state index in [1.807, 2.05) is 24.4 Å². The van der Waals surface area contributed by atoms with Crippen LogP contribution in [0.5, 0.6) is 0 Å². The zero-order valence-corrected chi connectivity index (χ0v) is 12.0. The van der Waals surface area contributed by atoms with Crippen molar-refractivity contribution in [1.82, 2.24) is 14.5 Å². The summed E-state index contributed by atoms with van der Waals surface area (Å²) in [5, 5.41) is 10.0. The summed E-state index contributed by atoms with van der Waals surface area (Å²) >= 11 is 0. The van der Waals surface area contributed by atoms with Gasteiger partial charge >= 0.3 is 5.97 Å². The molecule has 0 unspecified atom stereocenters. The van der Waals surface area contributed by atoms with Gasteiger partial charge in [0.05, 0.1) is 23.0 Å². The molecule has 0 amide bonds. The Kier molecular flexibility index (Phi) is 2.92. The fourth-order valence-corrected chi connectivity index (χ4v) is 3.14. The molecule has 0 saturated heterocycles. The predicted octanol–water partition coefficient (Wildman–Crippen LogP) is 3.13. The predicted molar refractivity (Wildman–Crippen MR) is 82.9 cm³/mol. The average molecular weight is 293 g/mol. The fourth-order valence-electron chi connectivity index (χ4n) is 3.14. The summed E-state index contributed by atoms with van der Waals surface area (Å²) < 4.78 is 2.24. The number of aryl methyl sites for hydroxylation is 1. The summed E-state index contributed by atoms with van der Waals surface area (Å²) in [6.45, 7) is 0.974. The van der Waals surface area contributed by atoms with Crippen LogP contribution in [0.15, 0.2) is 36.7 Å². The average Bonchev–Trinajstić information content (AvgIpc) is 2.97. The van der Waals surface area contributed by atoms with E-state index in [0.29, 0.717) is 10.9 Å². The number of rotatable bonds is 2. The maximum atomic E-state index is 11.4. The van der Waals surface area contributed by atoms with Gasteiger partial charge in [0.15, 0.2) is 0 Å². The van der Waals surface area contributed by atoms with Gasteiger partial charge in [0.1, 0.15) is 5.82 Å². The monoisotopic (exact) mass is 293 g/mol. The van der Waals surface area contributed by atoms with E-state index in [1.54, 1.807) is 6.07 Å². The van der Waals surface area contributed by atoms with Crippen molar-refractivity contribution in [2.45, 2.75) is 25.8 Å². The van der Waals surface area contributed by atoms with Gasteiger partial charge in [0, 0.05) is 30.1 Å². The zero-order chi connectivity index (χ0) is 15.1. The van der Waals surface area contributed by atoms with Gasteiger partial charge < -0.3 is 9.67 Å². The number of imidazole rings is 1. The molecular weight excluding hydrogens is 278 g/mol. The maximum absolute atomic E-state index is 11.4. The second-order valence-electron chi connectivity index (χ2n) is 5.56. The molecule has 2 aromatic heterocycles. The molecule has 5 nitrogen and oxygen atoms in total. The van der Waals surface area contributed by atoms with E-state index in [-0.39, 0.29) is 5.56 Å². The van der Waals surface area contributed by atoms with Crippen LogP contribution in [0, 0.1) is 0 Å². The molecule has 1 aromatic carbocycles. The lowest BCUT2D eigenvalue weighted by Gasteiger charge is -2.16. The number of pyridine rings is 1. The molecule has 0 aliphatic carbocycles. The standard InChI is InChI=1S/C17H15N3O2/c21-17(22)12-6-7-18-14-5-4-11(9-13(12)14)15-10-19-16-3-1-2-8-20(15)16/h4-7,9-10H,1-3,8H2,(H,21,22). The Labute approximate surface area is 127 Å². The van der Waals surface area contributed by atoms with Gasteiger partial charge in [-0.15, -0.1) is 0 Å². The quantitative estimate of drug-likeness (QED) is 0.788. The Morgan fingerprint density at radius 1 is 1.18 bits per heavy atom. The van der Waals surface area contributed by atoms with Crippen LogP contribution in [0.25, 0.3) is 22.2 Å². The van der Waals surface area contributed by atoms with Gasteiger partial charge in [0.25, 0.3) is 0 Å². The van der Waals surface area contributed by atoms with E-state index in [0.717, 1.165) is 36.5 Å². The topological polar surface area (TPSA) is 68.0 Å². The number of carbonyl (C=O) groups is 1. The molecule has 1 N–H and O–H groups in total. The Hall–Kier alpha value is -2.69. The van der Waals surface area contributed by atoms with E-state index in [2.05, 4.69) is 14.5 Å². The number of aromatic nitrogens is 3. The molecule has 22 heavy (non-hydrogen) atoms. The maximum Gasteiger partial charge on any atom is 0.336 e. The summed E-state index contributed by atoms with van der Waals surface area (Å²) in [5.41, 5.74) is 3.02. The molecule has 5 heteroatoms. The van der Waals surface area contributed by atoms with Gasteiger partial charge in [0.2, 0.25) is 0 Å². The Morgan fingerprint density at radius 3 is 2.95 bits per heavy atom. The molecule has 0 radical (unpaired) electrons. The number of fused-ring (bicyclic) bond motifs is 2. The highest BCUT2D eigenvalue weighted by Gasteiger charge is 2.16. The molecule has 110 valence electrons. The third-order valence-electron chi connectivity index (χ3n) is 4.24. The Morgan fingerprint density at radius 2 is 2.09 bits per heavy atom. The van der Waals surface area contributed by atoms with Crippen LogP contribution in [0.1, 0.15) is 29.0 Å². The normalized spacial score (nSPS) is 14.0. The molecule has 1 aliphatic rings. The molecule has 4 rings (SSSR count). The summed E-state index contributed by atoms with van der Waals surface area (Å²) in [5.74, 6) is 0.186. The first kappa shape index (κ1) is 13.0. The highest BCUT2D eigenvalue weighted by atomic mass is 16.4. The molecule has 0 bridgehead atoms. The third kappa shape index (κ3) is 1.97. The first-order valence-electron chi connectivity index (χ1n) is 7.41. The fraction of sp³-hybridized carbons (Fsp3) is 0.235. The number of hydrogen-bond donors (Lipinski definition) is 1. The van der Waals surface area contributed by atoms with Crippen molar-refractivity contribution >= 4 is 16.9 Å². The van der Waals surface area contributed by atoms with E-state index < -0.39 is 5.97 Å². The number of aromatic carboxylic acids is 1. The smallest absolute Gasteiger partial charge is 0.336 e. The summed E-state index contributed by atoms with van der Waals surface area (Å²) in [4.78, 5) is 20.2. The van der Waals surface area contributed by atoms with Crippen molar-refractivity contribution in [2.24, 2.45) is 0 Å². The van der Waals surface area contributed by atoms with Crippen molar-refractivity contribution in [1.29, 1.82) is 0 Å². The SMILES string of the molecule is O=C(O)c1ccnc2ccc(-c3cnc4n3CCCC4)cc12. The minimum absolute atomic E-state index is 0.283. The zero-order valence-electron chi connectivity index (χ0n) is 12.0. The number of benzene rings is 1. The molecular formula is C17H15N3O2. The minimum atomic E-state index is -0.931. The summed E-state index contributed by atoms with van der Waals surface area (Å²) in [7, 11) is 0. The van der Waals surface area contributed by atoms with Crippen LogP contribution in [0.2, 0.25) is 0 Å². The summed E-state index contributed by atoms with van der Waals surface area (Å²) in [6.07, 6.45) is 6.77. The molecule has 1 aliphatic heterocycles. The number of nitrogens with zero attached hydrogens (tertiary/aromatic N) is 3. The lowest BCUT2D eigenvalue weighted by atomic mass is 10.0. The molecule has 0 saturated carbocycles. The van der Waals surface area contributed by atoms with Crippen molar-refractivity contribution in [3.8, 4) is 11.3 Å². The van der Waals surface area contributed by atoms with Gasteiger partial charge in [-0.3, -0.25) is 4.98 Å². The molecule has 0 atom stereocenters. The van der Waals surface area contributed by atoms with Crippen molar-refractivity contribution < 1.29 is 9.90 Å². The van der Waals surface area contributed by atoms with Crippen molar-refractivity contribution in [3.05, 3.63) is 48.0 Å². The van der Waals surface area contributed by atoms with E-state index >= 15 is 0 Å². The van der Waals surface area contributed by atoms with Gasteiger partial charge in [-0.05, 0) is 31.0 Å². The highest BCUT2D eigenvalue weighted by molar-refractivity contribution is 6.03. The first-order chi connectivity index (χ1) is 10.7. The lowest BCUT2D eigenvalue weighted by molar-refractivity contribution is 0.0699. The Bertz CT molecular complexity index is 883. The van der Waals surface area contributed by atoms with Gasteiger partial charge in [-0.2, -0.15) is 0 Å². The van der Waals surface area contributed by atoms with Crippen LogP contribution >= 0.6 is 0 Å². The largest absolute Gasteiger partial charge is 0.478 e. The van der Waals surface area contributed by atoms with Crippen LogP contribution in [0.4, 0.5) is 0 Å². The second kappa shape index (κ2) is 4.94. The second-order valence-corrected chi connectivity index (χ2v) is 5.56. The van der Waals surface area contributed by atoms with E-state index in [4.69, 9.17) is 0 Å². The van der Waals surface area contributed by atoms with Crippen LogP contribution < -0.4 is 0 Å². The van der Waals surface area contributed by atoms with Crippen LogP contribution in [-0.4, -0.2) is 25.6 Å². The lowest BCUT2D eigenvalue weighted by Crippen LogP contribution is -2.11. The Balaban J connectivity index is 1.91. The molecule has 3 aromatic rings. The number of hydrogen-bond acceptors (Lipinski definition) is 3. The minimum Gasteiger partial charge on any atom is -0.478 e. The first-order valence-corrected chi connectivity index (χ1v) is 7.41. The van der Waals surface area contributed by atoms with E-state index in [1.165, 1.54) is 12.6 Å². The molecule has 0 fully saturated rings. The number of carboxylic acids is 1. The van der Waals surface area contributed by atoms with Crippen molar-refractivity contribution in [2.75, 3.05) is 0 Å². The van der Waals surface area contributed by atoms with Gasteiger partial charge in [-0.1, -0.05) is 6.07 Å². The third-order valence-corrected chi connectivity index (χ3v) is 4.24. The van der Waals surface area contributed by atoms with Crippen molar-refractivity contribution in [3.63, 3.8) is 0 Å². The van der Waals surface area contributed by atoms with Gasteiger partial charge in [-0.25, -0.2) is 9.78 Å².